The van der Waals surface area contributed by atoms with Gasteiger partial charge in [-0.2, -0.15) is 26.3 Å². The van der Waals surface area contributed by atoms with Gasteiger partial charge in [0.1, 0.15) is 12.1 Å². The number of aliphatic carboxylic acids is 2. The molecule has 0 spiro atoms. The van der Waals surface area contributed by atoms with Crippen LogP contribution in [0.5, 0.6) is 0 Å². The summed E-state index contributed by atoms with van der Waals surface area (Å²) in [6.07, 6.45) is -10.6. The molecule has 0 aliphatic rings. The molecule has 0 aromatic heterocycles. The molecule has 0 radical (unpaired) electrons. The zero-order valence-corrected chi connectivity index (χ0v) is 13.8. The van der Waals surface area contributed by atoms with Crippen molar-refractivity contribution in [2.45, 2.75) is 24.4 Å². The Hall–Kier alpha value is -1.84. The van der Waals surface area contributed by atoms with E-state index in [2.05, 4.69) is 0 Å². The largest absolute Gasteiger partial charge is 0.480 e. The molecule has 0 rings (SSSR count). The number of amides is 2. The second-order valence-electron chi connectivity index (χ2n) is 4.29. The SMILES string of the molecule is O=C(O)[C@@H](CSSC[C@@H](NC(=O)C(F)(F)F)C(=O)O)NC(=O)C(F)(F)F. The number of hydrogen-bond acceptors (Lipinski definition) is 6. The normalized spacial score (nSPS) is 14.2. The zero-order valence-electron chi connectivity index (χ0n) is 12.2. The predicted octanol–water partition coefficient (Wildman–Crippen LogP) is 0.631. The fraction of sp³-hybridized carbons (Fsp3) is 0.600. The van der Waals surface area contributed by atoms with Crippen molar-refractivity contribution >= 4 is 45.3 Å². The van der Waals surface area contributed by atoms with E-state index >= 15 is 0 Å². The molecule has 0 bridgehead atoms. The molecule has 4 N–H and O–H groups in total. The summed E-state index contributed by atoms with van der Waals surface area (Å²) in [6.45, 7) is 0. The van der Waals surface area contributed by atoms with Crippen LogP contribution in [0.25, 0.3) is 0 Å². The van der Waals surface area contributed by atoms with E-state index in [1.807, 2.05) is 0 Å². The van der Waals surface area contributed by atoms with E-state index in [0.717, 1.165) is 0 Å². The number of carboxylic acid groups (broad SMARTS) is 2. The van der Waals surface area contributed by atoms with Gasteiger partial charge in [-0.1, -0.05) is 21.6 Å². The van der Waals surface area contributed by atoms with Gasteiger partial charge in [0.15, 0.2) is 0 Å². The molecule has 0 aliphatic heterocycles. The van der Waals surface area contributed by atoms with Gasteiger partial charge in [-0.3, -0.25) is 9.59 Å². The van der Waals surface area contributed by atoms with Crippen molar-refractivity contribution in [3.8, 4) is 0 Å². The number of carbonyl (C=O) groups is 4. The third-order valence-electron chi connectivity index (χ3n) is 2.27. The van der Waals surface area contributed by atoms with Crippen LogP contribution in [0, 0.1) is 0 Å². The monoisotopic (exact) mass is 432 g/mol. The van der Waals surface area contributed by atoms with Gasteiger partial charge in [0.25, 0.3) is 0 Å². The molecule has 0 aromatic carbocycles. The molecule has 16 heteroatoms. The average Bonchev–Trinajstić information content (AvgIpc) is 2.45. The number of nitrogens with one attached hydrogen (secondary N) is 2. The van der Waals surface area contributed by atoms with Crippen LogP contribution in [0.1, 0.15) is 0 Å². The van der Waals surface area contributed by atoms with Crippen molar-refractivity contribution in [2.75, 3.05) is 11.5 Å². The van der Waals surface area contributed by atoms with Crippen LogP contribution in [0.15, 0.2) is 0 Å². The fourth-order valence-electron chi connectivity index (χ4n) is 1.06. The summed E-state index contributed by atoms with van der Waals surface area (Å²) in [6, 6.07) is -3.95. The minimum absolute atomic E-state index is 0.480. The molecule has 0 fully saturated rings. The first kappa shape index (κ1) is 24.2. The lowest BCUT2D eigenvalue weighted by Crippen LogP contribution is -2.48. The van der Waals surface area contributed by atoms with Crippen LogP contribution >= 0.6 is 21.6 Å². The lowest BCUT2D eigenvalue weighted by atomic mass is 10.3. The number of alkyl halides is 6. The predicted molar refractivity (Wildman–Crippen MR) is 76.2 cm³/mol. The third-order valence-corrected chi connectivity index (χ3v) is 4.70. The van der Waals surface area contributed by atoms with E-state index in [0.29, 0.717) is 21.6 Å². The first-order valence-electron chi connectivity index (χ1n) is 6.11. The maximum Gasteiger partial charge on any atom is 0.471 e. The van der Waals surface area contributed by atoms with Crippen molar-refractivity contribution in [2.24, 2.45) is 0 Å². The van der Waals surface area contributed by atoms with E-state index in [1.54, 1.807) is 0 Å². The number of hydrogen-bond donors (Lipinski definition) is 4. The molecule has 2 amide bonds. The molecule has 0 aliphatic carbocycles. The highest BCUT2D eigenvalue weighted by atomic mass is 33.1. The number of carbonyl (C=O) groups excluding carboxylic acids is 2. The number of rotatable bonds is 9. The lowest BCUT2D eigenvalue weighted by molar-refractivity contribution is -0.175. The molecule has 8 nitrogen and oxygen atoms in total. The Morgan fingerprint density at radius 2 is 1.00 bits per heavy atom. The smallest absolute Gasteiger partial charge is 0.471 e. The zero-order chi connectivity index (χ0) is 20.7. The summed E-state index contributed by atoms with van der Waals surface area (Å²) >= 11 is 0. The number of halogens is 6. The topological polar surface area (TPSA) is 133 Å². The summed E-state index contributed by atoms with van der Waals surface area (Å²) in [4.78, 5) is 42.9. The highest BCUT2D eigenvalue weighted by Crippen LogP contribution is 2.24. The Balaban J connectivity index is 4.57. The molecule has 0 saturated carbocycles. The van der Waals surface area contributed by atoms with Crippen LogP contribution in [0.3, 0.4) is 0 Å². The highest BCUT2D eigenvalue weighted by Gasteiger charge is 2.42. The van der Waals surface area contributed by atoms with Gasteiger partial charge in [0, 0.05) is 11.5 Å². The molecular weight excluding hydrogens is 422 g/mol. The Morgan fingerprint density at radius 3 is 1.19 bits per heavy atom. The van der Waals surface area contributed by atoms with Crippen LogP contribution < -0.4 is 10.6 Å². The molecule has 26 heavy (non-hydrogen) atoms. The summed E-state index contributed by atoms with van der Waals surface area (Å²) in [5, 5.41) is 19.8. The van der Waals surface area contributed by atoms with Gasteiger partial charge < -0.3 is 20.8 Å². The molecule has 0 unspecified atom stereocenters. The first-order chi connectivity index (χ1) is 11.7. The van der Waals surface area contributed by atoms with Crippen molar-refractivity contribution in [1.29, 1.82) is 0 Å². The standard InChI is InChI=1S/C10H10F6N2O6S2/c11-9(12,13)7(23)17-3(5(19)20)1-25-26-2-4(6(21)22)18-8(24)10(14,15)16/h3-4H,1-2H2,(H,17,23)(H,18,24)(H,19,20)(H,21,22)/t3-,4-/m1/s1. The van der Waals surface area contributed by atoms with Crippen molar-refractivity contribution in [3.05, 3.63) is 0 Å². The molecule has 150 valence electrons. The van der Waals surface area contributed by atoms with Crippen LogP contribution in [0.4, 0.5) is 26.3 Å². The van der Waals surface area contributed by atoms with Gasteiger partial charge in [-0.25, -0.2) is 9.59 Å². The van der Waals surface area contributed by atoms with E-state index < -0.39 is 59.7 Å². The Labute approximate surface area is 148 Å². The quantitative estimate of drug-likeness (QED) is 0.237. The van der Waals surface area contributed by atoms with Crippen LogP contribution in [0.2, 0.25) is 0 Å². The second-order valence-corrected chi connectivity index (χ2v) is 6.85. The molecule has 0 heterocycles. The molecule has 0 saturated heterocycles. The summed E-state index contributed by atoms with van der Waals surface area (Å²) in [5.74, 6) is -9.93. The fourth-order valence-corrected chi connectivity index (χ4v) is 3.37. The highest BCUT2D eigenvalue weighted by molar-refractivity contribution is 8.76. The second kappa shape index (κ2) is 9.75. The number of carboxylic acids is 2. The minimum Gasteiger partial charge on any atom is -0.480 e. The average molecular weight is 432 g/mol. The minimum atomic E-state index is -5.32. The van der Waals surface area contributed by atoms with Gasteiger partial charge in [0.2, 0.25) is 0 Å². The van der Waals surface area contributed by atoms with Crippen LogP contribution in [-0.2, 0) is 19.2 Å². The molecular formula is C10H10F6N2O6S2. The van der Waals surface area contributed by atoms with Crippen molar-refractivity contribution in [1.82, 2.24) is 10.6 Å². The summed E-state index contributed by atoms with van der Waals surface area (Å²) < 4.78 is 72.4. The Morgan fingerprint density at radius 1 is 0.731 bits per heavy atom. The lowest BCUT2D eigenvalue weighted by Gasteiger charge is -2.17. The van der Waals surface area contributed by atoms with Gasteiger partial charge in [-0.15, -0.1) is 0 Å². The Bertz CT molecular complexity index is 507. The van der Waals surface area contributed by atoms with E-state index in [4.69, 9.17) is 10.2 Å². The van der Waals surface area contributed by atoms with Gasteiger partial charge in [0.05, 0.1) is 0 Å². The summed E-state index contributed by atoms with van der Waals surface area (Å²) in [7, 11) is 0.961. The van der Waals surface area contributed by atoms with Gasteiger partial charge in [-0.05, 0) is 0 Å². The summed E-state index contributed by atoms with van der Waals surface area (Å²) in [5.41, 5.74) is 0. The van der Waals surface area contributed by atoms with Crippen molar-refractivity contribution in [3.63, 3.8) is 0 Å². The van der Waals surface area contributed by atoms with Gasteiger partial charge >= 0.3 is 36.1 Å². The Kier molecular flexibility index (Phi) is 9.06. The van der Waals surface area contributed by atoms with E-state index in [1.165, 1.54) is 10.6 Å². The first-order valence-corrected chi connectivity index (χ1v) is 8.60. The molecule has 2 atom stereocenters. The van der Waals surface area contributed by atoms with E-state index in [-0.39, 0.29) is 0 Å². The van der Waals surface area contributed by atoms with Crippen molar-refractivity contribution < 1.29 is 55.7 Å². The third kappa shape index (κ3) is 9.02. The molecule has 0 aromatic rings. The van der Waals surface area contributed by atoms with Crippen LogP contribution in [-0.4, -0.2) is 69.9 Å². The maximum absolute atomic E-state index is 12.1. The van der Waals surface area contributed by atoms with E-state index in [9.17, 15) is 45.5 Å². The maximum atomic E-state index is 12.1.